The number of nitrogen functional groups attached to an aromatic ring is 1. The predicted molar refractivity (Wildman–Crippen MR) is 65.6 cm³/mol. The Morgan fingerprint density at radius 2 is 2.35 bits per heavy atom. The predicted octanol–water partition coefficient (Wildman–Crippen LogP) is 0.414. The van der Waals surface area contributed by atoms with E-state index in [0.29, 0.717) is 30.4 Å². The fourth-order valence-corrected chi connectivity index (χ4v) is 2.15. The molecule has 6 nitrogen and oxygen atoms in total. The van der Waals surface area contributed by atoms with Gasteiger partial charge in [0.15, 0.2) is 5.82 Å². The van der Waals surface area contributed by atoms with E-state index in [0.717, 1.165) is 0 Å². The first-order valence-corrected chi connectivity index (χ1v) is 5.63. The second-order valence-corrected chi connectivity index (χ2v) is 4.90. The molecule has 1 aliphatic rings. The van der Waals surface area contributed by atoms with Crippen LogP contribution in [0.1, 0.15) is 13.3 Å². The highest BCUT2D eigenvalue weighted by Crippen LogP contribution is 2.34. The molecule has 2 rings (SSSR count). The van der Waals surface area contributed by atoms with Crippen molar-refractivity contribution in [1.29, 1.82) is 0 Å². The number of amides is 1. The molecule has 1 amide bonds. The fraction of sp³-hybridized carbons (Fsp3) is 0.500. The zero-order chi connectivity index (χ0) is 12.6. The fourth-order valence-electron chi connectivity index (χ4n) is 1.94. The third-order valence-corrected chi connectivity index (χ3v) is 3.38. The number of hydrogen-bond donors (Lipinski definition) is 2. The van der Waals surface area contributed by atoms with Crippen LogP contribution >= 0.6 is 11.6 Å². The Kier molecular flexibility index (Phi) is 2.82. The van der Waals surface area contributed by atoms with E-state index in [4.69, 9.17) is 23.1 Å². The van der Waals surface area contributed by atoms with Crippen molar-refractivity contribution in [2.24, 2.45) is 11.1 Å². The Hall–Kier alpha value is -1.56. The molecule has 92 valence electrons. The summed E-state index contributed by atoms with van der Waals surface area (Å²) in [5, 5.41) is 0.424. The van der Waals surface area contributed by atoms with Gasteiger partial charge < -0.3 is 16.4 Å². The second-order valence-electron chi connectivity index (χ2n) is 4.50. The minimum absolute atomic E-state index is 0.164. The molecule has 1 unspecified atom stereocenters. The van der Waals surface area contributed by atoms with Crippen molar-refractivity contribution in [2.45, 2.75) is 13.3 Å². The van der Waals surface area contributed by atoms with Crippen LogP contribution in [0.15, 0.2) is 6.20 Å². The molecule has 17 heavy (non-hydrogen) atoms. The molecule has 0 radical (unpaired) electrons. The van der Waals surface area contributed by atoms with E-state index in [1.54, 1.807) is 0 Å². The van der Waals surface area contributed by atoms with E-state index < -0.39 is 5.41 Å². The van der Waals surface area contributed by atoms with Crippen LogP contribution in [-0.2, 0) is 4.79 Å². The molecule has 0 saturated carbocycles. The average molecular weight is 256 g/mol. The quantitative estimate of drug-likeness (QED) is 0.798. The number of halogens is 1. The van der Waals surface area contributed by atoms with E-state index in [9.17, 15) is 4.79 Å². The first-order chi connectivity index (χ1) is 7.92. The number of hydrogen-bond acceptors (Lipinski definition) is 5. The number of aromatic nitrogens is 2. The molecule has 1 aliphatic heterocycles. The highest BCUT2D eigenvalue weighted by molar-refractivity contribution is 6.32. The van der Waals surface area contributed by atoms with E-state index in [1.165, 1.54) is 6.20 Å². The van der Waals surface area contributed by atoms with Crippen LogP contribution < -0.4 is 16.4 Å². The minimum Gasteiger partial charge on any atom is -0.369 e. The largest absolute Gasteiger partial charge is 0.369 e. The third kappa shape index (κ3) is 2.12. The van der Waals surface area contributed by atoms with Gasteiger partial charge in [-0.3, -0.25) is 4.79 Å². The first kappa shape index (κ1) is 11.9. The highest BCUT2D eigenvalue weighted by atomic mass is 35.5. The second kappa shape index (κ2) is 4.03. The molecule has 7 heteroatoms. The number of carbonyl (C=O) groups is 1. The molecule has 1 atom stereocenters. The van der Waals surface area contributed by atoms with Crippen LogP contribution in [0.5, 0.6) is 0 Å². The molecule has 4 N–H and O–H groups in total. The maximum atomic E-state index is 11.4. The SMILES string of the molecule is CC1(C(N)=O)CCN(c2nc(N)ncc2Cl)C1. The molecule has 1 saturated heterocycles. The monoisotopic (exact) mass is 255 g/mol. The molecule has 0 bridgehead atoms. The van der Waals surface area contributed by atoms with Gasteiger partial charge in [0, 0.05) is 13.1 Å². The molecular weight excluding hydrogens is 242 g/mol. The number of anilines is 2. The van der Waals surface area contributed by atoms with E-state index in [2.05, 4.69) is 9.97 Å². The van der Waals surface area contributed by atoms with Crippen LogP contribution in [0.3, 0.4) is 0 Å². The summed E-state index contributed by atoms with van der Waals surface area (Å²) in [6.07, 6.45) is 2.14. The van der Waals surface area contributed by atoms with Crippen molar-refractivity contribution in [2.75, 3.05) is 23.7 Å². The molecule has 0 spiro atoms. The summed E-state index contributed by atoms with van der Waals surface area (Å²) in [6.45, 7) is 3.02. The van der Waals surface area contributed by atoms with Gasteiger partial charge in [-0.05, 0) is 13.3 Å². The molecule has 0 aliphatic carbocycles. The van der Waals surface area contributed by atoms with E-state index in [-0.39, 0.29) is 11.9 Å². The summed E-state index contributed by atoms with van der Waals surface area (Å²) in [4.78, 5) is 21.2. The lowest BCUT2D eigenvalue weighted by Gasteiger charge is -2.22. The lowest BCUT2D eigenvalue weighted by Crippen LogP contribution is -2.37. The van der Waals surface area contributed by atoms with Crippen LogP contribution in [0.25, 0.3) is 0 Å². The van der Waals surface area contributed by atoms with Gasteiger partial charge in [0.05, 0.1) is 11.6 Å². The Morgan fingerprint density at radius 3 is 2.94 bits per heavy atom. The van der Waals surface area contributed by atoms with Crippen LogP contribution in [0, 0.1) is 5.41 Å². The highest BCUT2D eigenvalue weighted by Gasteiger charge is 2.39. The van der Waals surface area contributed by atoms with Crippen LogP contribution in [0.4, 0.5) is 11.8 Å². The van der Waals surface area contributed by atoms with Crippen LogP contribution in [-0.4, -0.2) is 29.0 Å². The van der Waals surface area contributed by atoms with Gasteiger partial charge in [-0.15, -0.1) is 0 Å². The van der Waals surface area contributed by atoms with Gasteiger partial charge in [-0.25, -0.2) is 4.98 Å². The Balaban J connectivity index is 2.26. The van der Waals surface area contributed by atoms with Gasteiger partial charge >= 0.3 is 0 Å². The van der Waals surface area contributed by atoms with Crippen molar-refractivity contribution >= 4 is 29.3 Å². The van der Waals surface area contributed by atoms with Crippen molar-refractivity contribution in [3.05, 3.63) is 11.2 Å². The molecule has 1 fully saturated rings. The maximum absolute atomic E-state index is 11.4. The molecular formula is C10H14ClN5O. The van der Waals surface area contributed by atoms with Gasteiger partial charge in [0.25, 0.3) is 0 Å². The Morgan fingerprint density at radius 1 is 1.65 bits per heavy atom. The van der Waals surface area contributed by atoms with Crippen molar-refractivity contribution in [1.82, 2.24) is 9.97 Å². The molecule has 1 aromatic rings. The number of nitrogens with two attached hydrogens (primary N) is 2. The van der Waals surface area contributed by atoms with Gasteiger partial charge in [0.2, 0.25) is 11.9 Å². The van der Waals surface area contributed by atoms with Crippen LogP contribution in [0.2, 0.25) is 5.02 Å². The number of rotatable bonds is 2. The summed E-state index contributed by atoms with van der Waals surface area (Å²) < 4.78 is 0. The number of primary amides is 1. The maximum Gasteiger partial charge on any atom is 0.225 e. The zero-order valence-corrected chi connectivity index (χ0v) is 10.2. The van der Waals surface area contributed by atoms with Crippen molar-refractivity contribution < 1.29 is 4.79 Å². The first-order valence-electron chi connectivity index (χ1n) is 5.25. The zero-order valence-electron chi connectivity index (χ0n) is 9.48. The molecule has 2 heterocycles. The summed E-state index contributed by atoms with van der Waals surface area (Å²) in [6, 6.07) is 0. The van der Waals surface area contributed by atoms with Crippen molar-refractivity contribution in [3.8, 4) is 0 Å². The van der Waals surface area contributed by atoms with E-state index in [1.807, 2.05) is 11.8 Å². The third-order valence-electron chi connectivity index (χ3n) is 3.11. The smallest absolute Gasteiger partial charge is 0.225 e. The van der Waals surface area contributed by atoms with E-state index >= 15 is 0 Å². The molecule has 1 aromatic heterocycles. The van der Waals surface area contributed by atoms with Gasteiger partial charge in [-0.2, -0.15) is 4.98 Å². The number of carbonyl (C=O) groups excluding carboxylic acids is 1. The number of nitrogens with zero attached hydrogens (tertiary/aromatic N) is 3. The van der Waals surface area contributed by atoms with Crippen molar-refractivity contribution in [3.63, 3.8) is 0 Å². The summed E-state index contributed by atoms with van der Waals surface area (Å²) in [7, 11) is 0. The lowest BCUT2D eigenvalue weighted by molar-refractivity contribution is -0.125. The Bertz CT molecular complexity index is 466. The normalized spacial score (nSPS) is 24.0. The topological polar surface area (TPSA) is 98.1 Å². The standard InChI is InChI=1S/C10H14ClN5O/c1-10(8(12)17)2-3-16(5-10)7-6(11)4-14-9(13)15-7/h4H,2-3,5H2,1H3,(H2,12,17)(H2,13,14,15). The average Bonchev–Trinajstić information content (AvgIpc) is 2.66. The summed E-state index contributed by atoms with van der Waals surface area (Å²) in [5.41, 5.74) is 10.4. The lowest BCUT2D eigenvalue weighted by atomic mass is 9.89. The van der Waals surface area contributed by atoms with Gasteiger partial charge in [-0.1, -0.05) is 11.6 Å². The Labute approximate surface area is 104 Å². The summed E-state index contributed by atoms with van der Waals surface area (Å²) >= 11 is 6.01. The minimum atomic E-state index is -0.539. The molecule has 0 aromatic carbocycles. The van der Waals surface area contributed by atoms with Gasteiger partial charge in [0.1, 0.15) is 5.02 Å². The summed E-state index contributed by atoms with van der Waals surface area (Å²) in [5.74, 6) is 0.416.